The Morgan fingerprint density at radius 1 is 1.20 bits per heavy atom. The van der Waals surface area contributed by atoms with E-state index in [1.54, 1.807) is 11.8 Å². The molecule has 1 saturated carbocycles. The molecule has 6 nitrogen and oxygen atoms in total. The van der Waals surface area contributed by atoms with Crippen molar-refractivity contribution in [2.45, 2.75) is 57.4 Å². The lowest BCUT2D eigenvalue weighted by atomic mass is 9.81. The van der Waals surface area contributed by atoms with Crippen LogP contribution in [0.25, 0.3) is 0 Å². The van der Waals surface area contributed by atoms with Gasteiger partial charge in [-0.15, -0.1) is 0 Å². The maximum atomic E-state index is 13.3. The molecule has 2 unspecified atom stereocenters. The van der Waals surface area contributed by atoms with Gasteiger partial charge < -0.3 is 15.0 Å². The molecule has 2 fully saturated rings. The highest BCUT2D eigenvalue weighted by Gasteiger charge is 2.34. The summed E-state index contributed by atoms with van der Waals surface area (Å²) in [6.07, 6.45) is 6.76. The Labute approximate surface area is 179 Å². The van der Waals surface area contributed by atoms with Crippen LogP contribution in [0.3, 0.4) is 0 Å². The second-order valence-electron chi connectivity index (χ2n) is 8.73. The van der Waals surface area contributed by atoms with Crippen molar-refractivity contribution in [3.05, 3.63) is 35.9 Å². The predicted molar refractivity (Wildman–Crippen MR) is 114 cm³/mol. The van der Waals surface area contributed by atoms with E-state index in [0.29, 0.717) is 38.6 Å². The van der Waals surface area contributed by atoms with Crippen molar-refractivity contribution in [2.75, 3.05) is 26.3 Å². The van der Waals surface area contributed by atoms with E-state index < -0.39 is 11.5 Å². The summed E-state index contributed by atoms with van der Waals surface area (Å²) in [5.41, 5.74) is -0.373. The fourth-order valence-electron chi connectivity index (χ4n) is 4.55. The summed E-state index contributed by atoms with van der Waals surface area (Å²) >= 11 is 0. The summed E-state index contributed by atoms with van der Waals surface area (Å²) in [7, 11) is 0. The molecule has 162 valence electrons. The smallest absolute Gasteiger partial charge is 0.225 e. The summed E-state index contributed by atoms with van der Waals surface area (Å²) in [6.45, 7) is 3.98. The molecule has 1 aromatic rings. The van der Waals surface area contributed by atoms with Gasteiger partial charge in [-0.1, -0.05) is 62.4 Å². The van der Waals surface area contributed by atoms with E-state index in [2.05, 4.69) is 11.4 Å². The SMILES string of the molecule is CC(C#N)(NC(=O)C(CC(=O)N1CCOCC1)CC1CCCCC1)c1ccccc1. The first kappa shape index (κ1) is 22.3. The molecule has 6 heteroatoms. The first-order chi connectivity index (χ1) is 14.5. The summed E-state index contributed by atoms with van der Waals surface area (Å²) < 4.78 is 5.34. The fourth-order valence-corrected chi connectivity index (χ4v) is 4.55. The van der Waals surface area contributed by atoms with E-state index in [1.165, 1.54) is 19.3 Å². The van der Waals surface area contributed by atoms with Gasteiger partial charge in [0, 0.05) is 25.4 Å². The molecule has 2 amide bonds. The highest BCUT2D eigenvalue weighted by Crippen LogP contribution is 2.31. The summed E-state index contributed by atoms with van der Waals surface area (Å²) in [5.74, 6) is -0.139. The zero-order valence-electron chi connectivity index (χ0n) is 17.9. The molecule has 1 aliphatic heterocycles. The number of nitrogens with zero attached hydrogens (tertiary/aromatic N) is 2. The van der Waals surface area contributed by atoms with Gasteiger partial charge in [0.15, 0.2) is 0 Å². The minimum atomic E-state index is -1.12. The first-order valence-corrected chi connectivity index (χ1v) is 11.2. The summed E-state index contributed by atoms with van der Waals surface area (Å²) in [6, 6.07) is 11.6. The normalized spacial score (nSPS) is 20.6. The van der Waals surface area contributed by atoms with Crippen molar-refractivity contribution in [3.63, 3.8) is 0 Å². The number of carbonyl (C=O) groups is 2. The molecule has 3 rings (SSSR count). The molecule has 1 N–H and O–H groups in total. The van der Waals surface area contributed by atoms with Crippen LogP contribution in [0.1, 0.15) is 57.4 Å². The lowest BCUT2D eigenvalue weighted by Gasteiger charge is -2.32. The average Bonchev–Trinajstić information content (AvgIpc) is 2.80. The van der Waals surface area contributed by atoms with Gasteiger partial charge in [-0.05, 0) is 24.8 Å². The molecule has 1 saturated heterocycles. The average molecular weight is 412 g/mol. The van der Waals surface area contributed by atoms with Gasteiger partial charge in [0.05, 0.1) is 19.3 Å². The number of hydrogen-bond donors (Lipinski definition) is 1. The lowest BCUT2D eigenvalue weighted by Crippen LogP contribution is -2.47. The van der Waals surface area contributed by atoms with Gasteiger partial charge in [0.1, 0.15) is 5.54 Å². The Morgan fingerprint density at radius 2 is 1.87 bits per heavy atom. The van der Waals surface area contributed by atoms with Crippen LogP contribution in [0.4, 0.5) is 0 Å². The Bertz CT molecular complexity index is 749. The molecule has 0 radical (unpaired) electrons. The van der Waals surface area contributed by atoms with Crippen molar-refractivity contribution in [2.24, 2.45) is 11.8 Å². The van der Waals surface area contributed by atoms with Crippen molar-refractivity contribution < 1.29 is 14.3 Å². The molecule has 1 aromatic carbocycles. The number of benzene rings is 1. The number of ether oxygens (including phenoxy) is 1. The summed E-state index contributed by atoms with van der Waals surface area (Å²) in [5, 5.41) is 12.8. The fraction of sp³-hybridized carbons (Fsp3) is 0.625. The van der Waals surface area contributed by atoms with Crippen LogP contribution < -0.4 is 5.32 Å². The third-order valence-corrected chi connectivity index (χ3v) is 6.45. The molecular formula is C24H33N3O3. The minimum Gasteiger partial charge on any atom is -0.378 e. The van der Waals surface area contributed by atoms with E-state index in [9.17, 15) is 14.9 Å². The Hall–Kier alpha value is -2.39. The van der Waals surface area contributed by atoms with Gasteiger partial charge in [0.2, 0.25) is 11.8 Å². The van der Waals surface area contributed by atoms with E-state index in [-0.39, 0.29) is 18.2 Å². The third kappa shape index (κ3) is 5.82. The quantitative estimate of drug-likeness (QED) is 0.746. The molecule has 0 aromatic heterocycles. The van der Waals surface area contributed by atoms with Crippen molar-refractivity contribution >= 4 is 11.8 Å². The first-order valence-electron chi connectivity index (χ1n) is 11.2. The molecule has 1 heterocycles. The van der Waals surface area contributed by atoms with Crippen LogP contribution in [0.15, 0.2) is 30.3 Å². The second-order valence-corrected chi connectivity index (χ2v) is 8.73. The second kappa shape index (κ2) is 10.6. The molecule has 2 atom stereocenters. The van der Waals surface area contributed by atoms with Crippen molar-refractivity contribution in [1.82, 2.24) is 10.2 Å². The molecule has 30 heavy (non-hydrogen) atoms. The highest BCUT2D eigenvalue weighted by molar-refractivity contribution is 5.86. The lowest BCUT2D eigenvalue weighted by molar-refractivity contribution is -0.140. The number of amides is 2. The number of nitriles is 1. The van der Waals surface area contributed by atoms with Crippen molar-refractivity contribution in [1.29, 1.82) is 5.26 Å². The molecule has 1 aliphatic carbocycles. The number of rotatable bonds is 7. The topological polar surface area (TPSA) is 82.4 Å². The largest absolute Gasteiger partial charge is 0.378 e. The molecule has 0 spiro atoms. The monoisotopic (exact) mass is 411 g/mol. The van der Waals surface area contributed by atoms with Crippen LogP contribution in [-0.2, 0) is 19.9 Å². The van der Waals surface area contributed by atoms with E-state index in [4.69, 9.17) is 4.74 Å². The van der Waals surface area contributed by atoms with Crippen LogP contribution >= 0.6 is 0 Å². The summed E-state index contributed by atoms with van der Waals surface area (Å²) in [4.78, 5) is 28.0. The van der Waals surface area contributed by atoms with E-state index in [1.807, 2.05) is 30.3 Å². The Kier molecular flexibility index (Phi) is 7.87. The van der Waals surface area contributed by atoms with Crippen LogP contribution in [0.5, 0.6) is 0 Å². The number of nitrogens with one attached hydrogen (secondary N) is 1. The third-order valence-electron chi connectivity index (χ3n) is 6.45. The predicted octanol–water partition coefficient (Wildman–Crippen LogP) is 3.38. The van der Waals surface area contributed by atoms with Crippen molar-refractivity contribution in [3.8, 4) is 6.07 Å². The van der Waals surface area contributed by atoms with Gasteiger partial charge in [-0.3, -0.25) is 9.59 Å². The zero-order chi connectivity index (χ0) is 21.4. The number of morpholine rings is 1. The van der Waals surface area contributed by atoms with Gasteiger partial charge >= 0.3 is 0 Å². The molecule has 0 bridgehead atoms. The number of hydrogen-bond acceptors (Lipinski definition) is 4. The van der Waals surface area contributed by atoms with E-state index >= 15 is 0 Å². The minimum absolute atomic E-state index is 0.00707. The Balaban J connectivity index is 1.72. The standard InChI is InChI=1S/C24H33N3O3/c1-24(18-25,21-10-6-3-7-11-21)26-23(29)20(16-19-8-4-2-5-9-19)17-22(28)27-12-14-30-15-13-27/h3,6-7,10-11,19-20H,2,4-5,8-9,12-17H2,1H3,(H,26,29). The van der Waals surface area contributed by atoms with Gasteiger partial charge in [0.25, 0.3) is 0 Å². The van der Waals surface area contributed by atoms with Crippen LogP contribution in [-0.4, -0.2) is 43.0 Å². The van der Waals surface area contributed by atoms with Gasteiger partial charge in [-0.2, -0.15) is 5.26 Å². The maximum absolute atomic E-state index is 13.3. The number of carbonyl (C=O) groups excluding carboxylic acids is 2. The highest BCUT2D eigenvalue weighted by atomic mass is 16.5. The maximum Gasteiger partial charge on any atom is 0.225 e. The molecule has 2 aliphatic rings. The van der Waals surface area contributed by atoms with Crippen LogP contribution in [0, 0.1) is 23.2 Å². The zero-order valence-corrected chi connectivity index (χ0v) is 17.9. The van der Waals surface area contributed by atoms with Gasteiger partial charge in [-0.25, -0.2) is 0 Å². The Morgan fingerprint density at radius 3 is 2.50 bits per heavy atom. The van der Waals surface area contributed by atoms with E-state index in [0.717, 1.165) is 18.4 Å². The molecular weight excluding hydrogens is 378 g/mol. The van der Waals surface area contributed by atoms with Crippen LogP contribution in [0.2, 0.25) is 0 Å².